The Balaban J connectivity index is 2.10. The van der Waals surface area contributed by atoms with Crippen LogP contribution in [0.25, 0.3) is 0 Å². The van der Waals surface area contributed by atoms with Crippen molar-refractivity contribution in [3.63, 3.8) is 0 Å². The lowest BCUT2D eigenvalue weighted by atomic mass is 9.58. The van der Waals surface area contributed by atoms with Gasteiger partial charge in [0.2, 0.25) is 0 Å². The van der Waals surface area contributed by atoms with Gasteiger partial charge in [0.05, 0.1) is 19.3 Å². The Morgan fingerprint density at radius 2 is 1.33 bits per heavy atom. The van der Waals surface area contributed by atoms with Crippen molar-refractivity contribution < 1.29 is 14.6 Å². The molecule has 1 aliphatic heterocycles. The Bertz CT molecular complexity index is 361. The summed E-state index contributed by atoms with van der Waals surface area (Å²) >= 11 is 0. The molecule has 0 aromatic carbocycles. The molecule has 1 aliphatic carbocycles. The second kappa shape index (κ2) is 7.63. The zero-order chi connectivity index (χ0) is 18.1. The highest BCUT2D eigenvalue weighted by atomic mass is 16.7. The van der Waals surface area contributed by atoms with E-state index in [1.54, 1.807) is 0 Å². The first-order valence-corrected chi connectivity index (χ1v) is 9.95. The molecule has 0 spiro atoms. The van der Waals surface area contributed by atoms with E-state index in [-0.39, 0.29) is 23.2 Å². The summed E-state index contributed by atoms with van der Waals surface area (Å²) in [5, 5.41) is 11.0. The van der Waals surface area contributed by atoms with Gasteiger partial charge in [0.1, 0.15) is 0 Å². The SMILES string of the molecule is CCCC1COC(C2CC(C(C)(C)C)C(O)C(C(C)(C)C)C2)OC1. The smallest absolute Gasteiger partial charge is 0.160 e. The molecule has 1 heterocycles. The van der Waals surface area contributed by atoms with E-state index in [4.69, 9.17) is 9.47 Å². The molecule has 1 saturated carbocycles. The summed E-state index contributed by atoms with van der Waals surface area (Å²) in [5.41, 5.74) is 0.196. The zero-order valence-electron chi connectivity index (χ0n) is 17.0. The van der Waals surface area contributed by atoms with Crippen LogP contribution in [0.3, 0.4) is 0 Å². The van der Waals surface area contributed by atoms with Crippen LogP contribution in [-0.2, 0) is 9.47 Å². The standard InChI is InChI=1S/C21H40O3/c1-8-9-14-12-23-19(24-13-14)15-10-16(20(2,3)4)18(22)17(11-15)21(5,6)7/h14-19,22H,8-13H2,1-7H3. The van der Waals surface area contributed by atoms with E-state index >= 15 is 0 Å². The molecule has 142 valence electrons. The van der Waals surface area contributed by atoms with E-state index in [9.17, 15) is 5.11 Å². The summed E-state index contributed by atoms with van der Waals surface area (Å²) in [5.74, 6) is 1.53. The third kappa shape index (κ3) is 4.74. The molecule has 0 radical (unpaired) electrons. The zero-order valence-corrected chi connectivity index (χ0v) is 17.0. The van der Waals surface area contributed by atoms with E-state index in [0.717, 1.165) is 26.1 Å². The van der Waals surface area contributed by atoms with Gasteiger partial charge in [-0.1, -0.05) is 54.9 Å². The van der Waals surface area contributed by atoms with Gasteiger partial charge in [-0.2, -0.15) is 0 Å². The summed E-state index contributed by atoms with van der Waals surface area (Å²) in [6, 6.07) is 0. The molecule has 0 bridgehead atoms. The van der Waals surface area contributed by atoms with Gasteiger partial charge >= 0.3 is 0 Å². The summed E-state index contributed by atoms with van der Waals surface area (Å²) in [7, 11) is 0. The molecule has 0 aromatic rings. The second-order valence-corrected chi connectivity index (χ2v) is 10.4. The van der Waals surface area contributed by atoms with Crippen LogP contribution in [0.5, 0.6) is 0 Å². The molecular formula is C21H40O3. The Hall–Kier alpha value is -0.120. The van der Waals surface area contributed by atoms with Gasteiger partial charge in [0.25, 0.3) is 0 Å². The first-order valence-electron chi connectivity index (χ1n) is 9.95. The quantitative estimate of drug-likeness (QED) is 0.796. The largest absolute Gasteiger partial charge is 0.393 e. The summed E-state index contributed by atoms with van der Waals surface area (Å²) in [6.45, 7) is 17.4. The molecule has 0 amide bonds. The van der Waals surface area contributed by atoms with Gasteiger partial charge in [0.15, 0.2) is 6.29 Å². The molecule has 24 heavy (non-hydrogen) atoms. The minimum absolute atomic E-state index is 0.0830. The lowest BCUT2D eigenvalue weighted by Crippen LogP contribution is -2.51. The van der Waals surface area contributed by atoms with Crippen LogP contribution in [0.15, 0.2) is 0 Å². The molecule has 2 fully saturated rings. The minimum atomic E-state index is -0.238. The van der Waals surface area contributed by atoms with Crippen molar-refractivity contribution in [1.82, 2.24) is 0 Å². The average Bonchev–Trinajstić information content (AvgIpc) is 2.46. The van der Waals surface area contributed by atoms with E-state index in [0.29, 0.717) is 23.7 Å². The van der Waals surface area contributed by atoms with Crippen molar-refractivity contribution in [3.8, 4) is 0 Å². The van der Waals surface area contributed by atoms with Gasteiger partial charge in [-0.3, -0.25) is 0 Å². The highest BCUT2D eigenvalue weighted by Crippen LogP contribution is 2.49. The number of aliphatic hydroxyl groups is 1. The van der Waals surface area contributed by atoms with Crippen LogP contribution in [0.4, 0.5) is 0 Å². The Kier molecular flexibility index (Phi) is 6.42. The number of aliphatic hydroxyl groups excluding tert-OH is 1. The monoisotopic (exact) mass is 340 g/mol. The fourth-order valence-electron chi connectivity index (χ4n) is 4.67. The number of rotatable bonds is 3. The van der Waals surface area contributed by atoms with Crippen molar-refractivity contribution in [2.24, 2.45) is 34.5 Å². The van der Waals surface area contributed by atoms with Crippen molar-refractivity contribution in [2.45, 2.75) is 86.5 Å². The fourth-order valence-corrected chi connectivity index (χ4v) is 4.67. The van der Waals surface area contributed by atoms with Crippen molar-refractivity contribution >= 4 is 0 Å². The lowest BCUT2D eigenvalue weighted by molar-refractivity contribution is -0.243. The maximum Gasteiger partial charge on any atom is 0.160 e. The minimum Gasteiger partial charge on any atom is -0.393 e. The van der Waals surface area contributed by atoms with Crippen LogP contribution in [0.1, 0.15) is 74.1 Å². The van der Waals surface area contributed by atoms with E-state index < -0.39 is 0 Å². The predicted octanol–water partition coefficient (Wildman–Crippen LogP) is 4.87. The van der Waals surface area contributed by atoms with Crippen LogP contribution in [0.2, 0.25) is 0 Å². The molecule has 2 aliphatic rings. The van der Waals surface area contributed by atoms with Crippen molar-refractivity contribution in [3.05, 3.63) is 0 Å². The van der Waals surface area contributed by atoms with E-state index in [1.807, 2.05) is 0 Å². The molecule has 2 unspecified atom stereocenters. The number of hydrogen-bond donors (Lipinski definition) is 1. The summed E-state index contributed by atoms with van der Waals surface area (Å²) < 4.78 is 12.3. The Morgan fingerprint density at radius 3 is 1.71 bits per heavy atom. The molecule has 2 rings (SSSR count). The van der Waals surface area contributed by atoms with Gasteiger partial charge < -0.3 is 14.6 Å². The first-order chi connectivity index (χ1) is 11.0. The maximum absolute atomic E-state index is 11.0. The maximum atomic E-state index is 11.0. The van der Waals surface area contributed by atoms with E-state index in [2.05, 4.69) is 48.5 Å². The summed E-state index contributed by atoms with van der Waals surface area (Å²) in [4.78, 5) is 0. The van der Waals surface area contributed by atoms with Gasteiger partial charge in [0, 0.05) is 11.8 Å². The molecule has 2 atom stereocenters. The summed E-state index contributed by atoms with van der Waals surface area (Å²) in [6.07, 6.45) is 4.06. The number of hydrogen-bond acceptors (Lipinski definition) is 3. The van der Waals surface area contributed by atoms with E-state index in [1.165, 1.54) is 12.8 Å². The molecule has 3 nitrogen and oxygen atoms in total. The Morgan fingerprint density at radius 1 is 0.875 bits per heavy atom. The van der Waals surface area contributed by atoms with Gasteiger partial charge in [-0.05, 0) is 41.9 Å². The molecule has 3 heteroatoms. The van der Waals surface area contributed by atoms with Gasteiger partial charge in [-0.15, -0.1) is 0 Å². The molecular weight excluding hydrogens is 300 g/mol. The fraction of sp³-hybridized carbons (Fsp3) is 1.00. The van der Waals surface area contributed by atoms with Crippen molar-refractivity contribution in [2.75, 3.05) is 13.2 Å². The molecule has 1 saturated heterocycles. The van der Waals surface area contributed by atoms with Crippen molar-refractivity contribution in [1.29, 1.82) is 0 Å². The lowest BCUT2D eigenvalue weighted by Gasteiger charge is -2.51. The number of ether oxygens (including phenoxy) is 2. The Labute approximate surface area is 149 Å². The van der Waals surface area contributed by atoms with Crippen LogP contribution in [0, 0.1) is 34.5 Å². The normalized spacial score (nSPS) is 39.0. The third-order valence-electron chi connectivity index (χ3n) is 6.24. The highest BCUT2D eigenvalue weighted by Gasteiger charge is 2.48. The second-order valence-electron chi connectivity index (χ2n) is 10.4. The van der Waals surface area contributed by atoms with Crippen LogP contribution in [-0.4, -0.2) is 30.7 Å². The third-order valence-corrected chi connectivity index (χ3v) is 6.24. The molecule has 1 N–H and O–H groups in total. The topological polar surface area (TPSA) is 38.7 Å². The highest BCUT2D eigenvalue weighted by molar-refractivity contribution is 4.96. The van der Waals surface area contributed by atoms with Gasteiger partial charge in [-0.25, -0.2) is 0 Å². The molecule has 0 aromatic heterocycles. The predicted molar refractivity (Wildman–Crippen MR) is 98.7 cm³/mol. The van der Waals surface area contributed by atoms with Crippen LogP contribution < -0.4 is 0 Å². The average molecular weight is 341 g/mol. The van der Waals surface area contributed by atoms with Crippen LogP contribution >= 0.6 is 0 Å². The first kappa shape index (κ1) is 20.2.